The van der Waals surface area contributed by atoms with Crippen LogP contribution < -0.4 is 10.3 Å². The van der Waals surface area contributed by atoms with Crippen LogP contribution in [-0.2, 0) is 45.7 Å². The summed E-state index contributed by atoms with van der Waals surface area (Å²) in [6.45, 7) is 12.7. The Bertz CT molecular complexity index is 820. The molecule has 28 heavy (non-hydrogen) atoms. The second-order valence-electron chi connectivity index (χ2n) is 6.18. The maximum absolute atomic E-state index is 12.9. The molecule has 0 atom stereocenters. The summed E-state index contributed by atoms with van der Waals surface area (Å²) in [6, 6.07) is 7.80. The van der Waals surface area contributed by atoms with Crippen molar-refractivity contribution >= 4 is 0 Å². The quantitative estimate of drug-likeness (QED) is 0.456. The van der Waals surface area contributed by atoms with Crippen molar-refractivity contribution in [2.75, 3.05) is 6.61 Å². The van der Waals surface area contributed by atoms with Crippen LogP contribution in [0.2, 0.25) is 0 Å². The smallest absolute Gasteiger partial charge is 0.278 e. The number of terminal acetylenes is 1. The Morgan fingerprint density at radius 3 is 2.36 bits per heavy atom. The summed E-state index contributed by atoms with van der Waals surface area (Å²) in [5.74, 6) is 3.39. The topological polar surface area (TPSA) is 44.1 Å². The maximum Gasteiger partial charge on any atom is 0.278 e. The van der Waals surface area contributed by atoms with Gasteiger partial charge in [-0.2, -0.15) is 5.10 Å². The van der Waals surface area contributed by atoms with E-state index in [1.807, 2.05) is 52.0 Å². The first-order valence-electron chi connectivity index (χ1n) is 9.25. The van der Waals surface area contributed by atoms with Crippen molar-refractivity contribution in [3.8, 4) is 29.2 Å². The Morgan fingerprint density at radius 1 is 1.25 bits per heavy atom. The SMILES string of the molecule is C#CCOc1c(CC(C)C)nn(CC)c(=O)c1-c1ccccc1C.CC.[CH3-].[Y]. The molecule has 0 N–H and O–H groups in total. The Hall–Kier alpha value is -1.44. The van der Waals surface area contributed by atoms with Crippen LogP contribution in [0.4, 0.5) is 0 Å². The van der Waals surface area contributed by atoms with Gasteiger partial charge in [-0.1, -0.05) is 57.9 Å². The van der Waals surface area contributed by atoms with E-state index in [1.165, 1.54) is 4.68 Å². The zero-order valence-corrected chi connectivity index (χ0v) is 21.2. The van der Waals surface area contributed by atoms with Gasteiger partial charge in [-0.3, -0.25) is 4.79 Å². The van der Waals surface area contributed by atoms with E-state index in [-0.39, 0.29) is 52.3 Å². The van der Waals surface area contributed by atoms with Gasteiger partial charge in [0.05, 0.1) is 5.56 Å². The molecule has 0 saturated carbocycles. The van der Waals surface area contributed by atoms with Crippen molar-refractivity contribution in [3.63, 3.8) is 0 Å². The molecule has 151 valence electrons. The number of aromatic nitrogens is 2. The Labute approximate surface area is 196 Å². The Morgan fingerprint density at radius 2 is 1.86 bits per heavy atom. The van der Waals surface area contributed by atoms with E-state index in [2.05, 4.69) is 24.9 Å². The predicted molar refractivity (Wildman–Crippen MR) is 115 cm³/mol. The van der Waals surface area contributed by atoms with Crippen molar-refractivity contribution < 1.29 is 37.4 Å². The molecule has 0 spiro atoms. The molecule has 0 fully saturated rings. The van der Waals surface area contributed by atoms with Gasteiger partial charge in [-0.25, -0.2) is 4.68 Å². The zero-order chi connectivity index (χ0) is 19.7. The third kappa shape index (κ3) is 7.19. The Balaban J connectivity index is 0. The molecule has 0 aliphatic heterocycles. The number of ether oxygens (including phenoxy) is 1. The summed E-state index contributed by atoms with van der Waals surface area (Å²) in [5.41, 5.74) is 3.07. The summed E-state index contributed by atoms with van der Waals surface area (Å²) < 4.78 is 7.30. The van der Waals surface area contributed by atoms with Crippen LogP contribution in [0.3, 0.4) is 0 Å². The summed E-state index contributed by atoms with van der Waals surface area (Å²) in [5, 5.41) is 4.51. The van der Waals surface area contributed by atoms with Gasteiger partial charge in [0, 0.05) is 39.3 Å². The van der Waals surface area contributed by atoms with Crippen molar-refractivity contribution in [1.29, 1.82) is 0 Å². The van der Waals surface area contributed by atoms with Crippen LogP contribution in [0.25, 0.3) is 11.1 Å². The average molecular weight is 458 g/mol. The molecule has 0 aliphatic carbocycles. The first-order chi connectivity index (χ1) is 12.5. The molecule has 1 radical (unpaired) electrons. The van der Waals surface area contributed by atoms with Gasteiger partial charge in [0.2, 0.25) is 0 Å². The van der Waals surface area contributed by atoms with E-state index in [1.54, 1.807) is 0 Å². The third-order valence-electron chi connectivity index (χ3n) is 3.79. The van der Waals surface area contributed by atoms with Gasteiger partial charge >= 0.3 is 0 Å². The van der Waals surface area contributed by atoms with Crippen molar-refractivity contribution in [2.45, 2.75) is 54.5 Å². The minimum atomic E-state index is -0.147. The third-order valence-corrected chi connectivity index (χ3v) is 3.79. The van der Waals surface area contributed by atoms with Crippen LogP contribution in [0.1, 0.15) is 45.9 Å². The van der Waals surface area contributed by atoms with Gasteiger partial charge < -0.3 is 12.2 Å². The second-order valence-corrected chi connectivity index (χ2v) is 6.18. The van der Waals surface area contributed by atoms with Crippen LogP contribution in [0.15, 0.2) is 29.1 Å². The fraction of sp³-hybridized carbons (Fsp3) is 0.435. The molecule has 2 aromatic rings. The molecular formula is C23H33N2O2Y-. The van der Waals surface area contributed by atoms with Gasteiger partial charge in [0.15, 0.2) is 5.75 Å². The predicted octanol–water partition coefficient (Wildman–Crippen LogP) is 4.92. The van der Waals surface area contributed by atoms with Crippen LogP contribution in [0, 0.1) is 32.6 Å². The fourth-order valence-electron chi connectivity index (χ4n) is 2.70. The van der Waals surface area contributed by atoms with Crippen LogP contribution >= 0.6 is 0 Å². The summed E-state index contributed by atoms with van der Waals surface area (Å²) in [7, 11) is 0. The first kappa shape index (κ1) is 28.8. The molecule has 5 heteroatoms. The molecule has 0 bridgehead atoms. The monoisotopic (exact) mass is 458 g/mol. The van der Waals surface area contributed by atoms with E-state index in [9.17, 15) is 4.79 Å². The normalized spacial score (nSPS) is 9.36. The largest absolute Gasteiger partial charge is 0.478 e. The molecule has 1 heterocycles. The number of benzene rings is 1. The molecule has 1 aromatic heterocycles. The second kappa shape index (κ2) is 14.5. The van der Waals surface area contributed by atoms with Gasteiger partial charge in [0.25, 0.3) is 5.56 Å². The molecule has 0 saturated heterocycles. The van der Waals surface area contributed by atoms with Crippen molar-refractivity contribution in [2.24, 2.45) is 5.92 Å². The zero-order valence-electron chi connectivity index (χ0n) is 18.4. The Kier molecular flexibility index (Phi) is 14.9. The number of rotatable bonds is 6. The van der Waals surface area contributed by atoms with Crippen LogP contribution in [-0.4, -0.2) is 16.4 Å². The number of hydrogen-bond donors (Lipinski definition) is 0. The average Bonchev–Trinajstić information content (AvgIpc) is 2.63. The maximum atomic E-state index is 12.9. The molecule has 0 amide bonds. The molecule has 0 aliphatic rings. The molecule has 0 unspecified atom stereocenters. The molecule has 1 aromatic carbocycles. The van der Waals surface area contributed by atoms with Gasteiger partial charge in [-0.15, -0.1) is 6.42 Å². The summed E-state index contributed by atoms with van der Waals surface area (Å²) in [6.07, 6.45) is 6.08. The minimum absolute atomic E-state index is 0. The molecular weight excluding hydrogens is 425 g/mol. The van der Waals surface area contributed by atoms with Crippen LogP contribution in [0.5, 0.6) is 5.75 Å². The number of aryl methyl sites for hydroxylation is 2. The standard InChI is InChI=1S/C20H24N2O2.C2H6.CH3.Y/c1-6-12-24-19-17(13-14(3)4)21-22(7-2)20(23)18(19)16-11-9-8-10-15(16)5;1-2;;/h1,8-11,14H,7,12-13H2,2-5H3;1-2H3;1H3;/q;;-1;. The minimum Gasteiger partial charge on any atom is -0.478 e. The van der Waals surface area contributed by atoms with Gasteiger partial charge in [-0.05, 0) is 37.3 Å². The van der Waals surface area contributed by atoms with Crippen molar-refractivity contribution in [3.05, 3.63) is 53.3 Å². The van der Waals surface area contributed by atoms with E-state index in [0.717, 1.165) is 23.2 Å². The number of hydrogen-bond acceptors (Lipinski definition) is 3. The fourth-order valence-corrected chi connectivity index (χ4v) is 2.70. The summed E-state index contributed by atoms with van der Waals surface area (Å²) in [4.78, 5) is 12.9. The van der Waals surface area contributed by atoms with E-state index in [4.69, 9.17) is 11.2 Å². The van der Waals surface area contributed by atoms with E-state index < -0.39 is 0 Å². The van der Waals surface area contributed by atoms with Gasteiger partial charge in [0.1, 0.15) is 12.3 Å². The van der Waals surface area contributed by atoms with E-state index >= 15 is 0 Å². The number of nitrogens with zero attached hydrogens (tertiary/aromatic N) is 2. The molecule has 4 nitrogen and oxygen atoms in total. The summed E-state index contributed by atoms with van der Waals surface area (Å²) >= 11 is 0. The van der Waals surface area contributed by atoms with Crippen molar-refractivity contribution in [1.82, 2.24) is 9.78 Å². The van der Waals surface area contributed by atoms with E-state index in [0.29, 0.717) is 23.8 Å². The first-order valence-corrected chi connectivity index (χ1v) is 9.25. The molecule has 2 rings (SSSR count).